The number of hydrogen-bond donors (Lipinski definition) is 1. The molecule has 0 saturated carbocycles. The number of hydrogen-bond acceptors (Lipinski definition) is 2. The summed E-state index contributed by atoms with van der Waals surface area (Å²) in [7, 11) is 1.80. The molecule has 0 fully saturated rings. The highest BCUT2D eigenvalue weighted by Gasteiger charge is 2.14. The maximum Gasteiger partial charge on any atom is 0.254 e. The average Bonchev–Trinajstić information content (AvgIpc) is 2.38. The molecule has 0 atom stereocenters. The Bertz CT molecular complexity index is 640. The smallest absolute Gasteiger partial charge is 0.254 e. The van der Waals surface area contributed by atoms with Crippen LogP contribution in [-0.2, 0) is 6.54 Å². The first-order chi connectivity index (χ1) is 9.47. The summed E-state index contributed by atoms with van der Waals surface area (Å²) in [5.74, 6) is 0.00229. The van der Waals surface area contributed by atoms with Gasteiger partial charge in [-0.2, -0.15) is 0 Å². The lowest BCUT2D eigenvalue weighted by Crippen LogP contribution is -2.26. The summed E-state index contributed by atoms with van der Waals surface area (Å²) in [6.07, 6.45) is 0. The van der Waals surface area contributed by atoms with E-state index in [1.165, 1.54) is 0 Å². The summed E-state index contributed by atoms with van der Waals surface area (Å²) in [4.78, 5) is 14.1. The molecule has 2 rings (SSSR count). The van der Waals surface area contributed by atoms with Crippen LogP contribution in [0.2, 0.25) is 0 Å². The first kappa shape index (κ1) is 14.6. The van der Waals surface area contributed by atoms with Crippen LogP contribution in [0.1, 0.15) is 21.5 Å². The Morgan fingerprint density at radius 1 is 1.25 bits per heavy atom. The molecule has 0 aromatic heterocycles. The summed E-state index contributed by atoms with van der Waals surface area (Å²) in [5, 5.41) is 0. The molecule has 0 aliphatic carbocycles. The van der Waals surface area contributed by atoms with E-state index < -0.39 is 0 Å². The molecule has 0 heterocycles. The number of nitrogens with zero attached hydrogens (tertiary/aromatic N) is 1. The van der Waals surface area contributed by atoms with Crippen LogP contribution in [-0.4, -0.2) is 17.9 Å². The molecule has 3 nitrogen and oxygen atoms in total. The summed E-state index contributed by atoms with van der Waals surface area (Å²) < 4.78 is 1.01. The fourth-order valence-electron chi connectivity index (χ4n) is 2.11. The van der Waals surface area contributed by atoms with Crippen molar-refractivity contribution in [2.24, 2.45) is 0 Å². The highest BCUT2D eigenvalue weighted by molar-refractivity contribution is 9.10. The predicted octanol–water partition coefficient (Wildman–Crippen LogP) is 3.61. The van der Waals surface area contributed by atoms with Gasteiger partial charge >= 0.3 is 0 Å². The highest BCUT2D eigenvalue weighted by Crippen LogP contribution is 2.17. The predicted molar refractivity (Wildman–Crippen MR) is 85.5 cm³/mol. The van der Waals surface area contributed by atoms with Crippen molar-refractivity contribution < 1.29 is 4.79 Å². The van der Waals surface area contributed by atoms with Gasteiger partial charge in [0.2, 0.25) is 0 Å². The third-order valence-corrected chi connectivity index (χ3v) is 3.63. The zero-order valence-electron chi connectivity index (χ0n) is 11.6. The molecule has 0 saturated heterocycles. The Balaban J connectivity index is 2.16. The quantitative estimate of drug-likeness (QED) is 0.872. The SMILES string of the molecule is Cc1cc(N)ccc1C(=O)N(C)Cc1cccc(Br)c1. The van der Waals surface area contributed by atoms with E-state index >= 15 is 0 Å². The van der Waals surface area contributed by atoms with E-state index in [0.29, 0.717) is 17.8 Å². The van der Waals surface area contributed by atoms with Crippen molar-refractivity contribution in [1.82, 2.24) is 4.90 Å². The lowest BCUT2D eigenvalue weighted by molar-refractivity contribution is 0.0784. The zero-order chi connectivity index (χ0) is 14.7. The summed E-state index contributed by atoms with van der Waals surface area (Å²) in [5.41, 5.74) is 9.07. The number of aryl methyl sites for hydroxylation is 1. The van der Waals surface area contributed by atoms with Crippen LogP contribution >= 0.6 is 15.9 Å². The Kier molecular flexibility index (Phi) is 4.45. The largest absolute Gasteiger partial charge is 0.399 e. The van der Waals surface area contributed by atoms with Crippen molar-refractivity contribution >= 4 is 27.5 Å². The Morgan fingerprint density at radius 2 is 2.00 bits per heavy atom. The number of rotatable bonds is 3. The zero-order valence-corrected chi connectivity index (χ0v) is 13.1. The normalized spacial score (nSPS) is 10.3. The second-order valence-electron chi connectivity index (χ2n) is 4.87. The molecule has 0 unspecified atom stereocenters. The number of carbonyl (C=O) groups excluding carboxylic acids is 1. The standard InChI is InChI=1S/C16H17BrN2O/c1-11-8-14(18)6-7-15(11)16(20)19(2)10-12-4-3-5-13(17)9-12/h3-9H,10,18H2,1-2H3. The molecule has 0 radical (unpaired) electrons. The van der Waals surface area contributed by atoms with Gasteiger partial charge in [0.15, 0.2) is 0 Å². The van der Waals surface area contributed by atoms with Crippen molar-refractivity contribution in [3.05, 3.63) is 63.6 Å². The number of anilines is 1. The topological polar surface area (TPSA) is 46.3 Å². The van der Waals surface area contributed by atoms with Gasteiger partial charge < -0.3 is 10.6 Å². The van der Waals surface area contributed by atoms with Crippen LogP contribution in [0.5, 0.6) is 0 Å². The molecule has 0 aliphatic rings. The lowest BCUT2D eigenvalue weighted by atomic mass is 10.1. The van der Waals surface area contributed by atoms with Gasteiger partial charge in [-0.15, -0.1) is 0 Å². The van der Waals surface area contributed by atoms with Gasteiger partial charge in [0.05, 0.1) is 0 Å². The molecule has 1 amide bonds. The summed E-state index contributed by atoms with van der Waals surface area (Å²) in [6.45, 7) is 2.47. The highest BCUT2D eigenvalue weighted by atomic mass is 79.9. The Hall–Kier alpha value is -1.81. The van der Waals surface area contributed by atoms with Crippen molar-refractivity contribution in [3.63, 3.8) is 0 Å². The van der Waals surface area contributed by atoms with Crippen molar-refractivity contribution in [3.8, 4) is 0 Å². The van der Waals surface area contributed by atoms with Gasteiger partial charge in [-0.25, -0.2) is 0 Å². The van der Waals surface area contributed by atoms with E-state index in [2.05, 4.69) is 15.9 Å². The fraction of sp³-hybridized carbons (Fsp3) is 0.188. The minimum atomic E-state index is 0.00229. The monoisotopic (exact) mass is 332 g/mol. The van der Waals surface area contributed by atoms with Crippen LogP contribution in [0.3, 0.4) is 0 Å². The van der Waals surface area contributed by atoms with E-state index in [-0.39, 0.29) is 5.91 Å². The van der Waals surface area contributed by atoms with Gasteiger partial charge in [-0.1, -0.05) is 28.1 Å². The van der Waals surface area contributed by atoms with Gasteiger partial charge in [0.25, 0.3) is 5.91 Å². The molecule has 104 valence electrons. The minimum Gasteiger partial charge on any atom is -0.399 e. The molecular formula is C16H17BrN2O. The molecule has 2 aromatic carbocycles. The molecular weight excluding hydrogens is 316 g/mol. The number of halogens is 1. The Morgan fingerprint density at radius 3 is 2.65 bits per heavy atom. The second kappa shape index (κ2) is 6.09. The number of carbonyl (C=O) groups is 1. The second-order valence-corrected chi connectivity index (χ2v) is 5.78. The minimum absolute atomic E-state index is 0.00229. The maximum atomic E-state index is 12.4. The van der Waals surface area contributed by atoms with Crippen LogP contribution in [0.4, 0.5) is 5.69 Å². The summed E-state index contributed by atoms with van der Waals surface area (Å²) in [6, 6.07) is 13.3. The molecule has 0 bridgehead atoms. The van der Waals surface area contributed by atoms with E-state index in [1.807, 2.05) is 37.3 Å². The molecule has 4 heteroatoms. The van der Waals surface area contributed by atoms with E-state index in [1.54, 1.807) is 24.1 Å². The third-order valence-electron chi connectivity index (χ3n) is 3.14. The maximum absolute atomic E-state index is 12.4. The Labute approximate surface area is 127 Å². The average molecular weight is 333 g/mol. The molecule has 0 spiro atoms. The van der Waals surface area contributed by atoms with Crippen LogP contribution in [0.25, 0.3) is 0 Å². The van der Waals surface area contributed by atoms with E-state index in [0.717, 1.165) is 15.6 Å². The van der Waals surface area contributed by atoms with Gasteiger partial charge in [0, 0.05) is 29.3 Å². The van der Waals surface area contributed by atoms with Crippen molar-refractivity contribution in [2.45, 2.75) is 13.5 Å². The number of nitrogen functional groups attached to an aromatic ring is 1. The van der Waals surface area contributed by atoms with Crippen molar-refractivity contribution in [1.29, 1.82) is 0 Å². The first-order valence-electron chi connectivity index (χ1n) is 6.33. The third kappa shape index (κ3) is 3.39. The van der Waals surface area contributed by atoms with Gasteiger partial charge in [-0.3, -0.25) is 4.79 Å². The first-order valence-corrected chi connectivity index (χ1v) is 7.12. The number of amides is 1. The van der Waals surface area contributed by atoms with Crippen molar-refractivity contribution in [2.75, 3.05) is 12.8 Å². The molecule has 2 aromatic rings. The fourth-order valence-corrected chi connectivity index (χ4v) is 2.56. The van der Waals surface area contributed by atoms with Crippen LogP contribution in [0, 0.1) is 6.92 Å². The molecule has 2 N–H and O–H groups in total. The molecule has 20 heavy (non-hydrogen) atoms. The summed E-state index contributed by atoms with van der Waals surface area (Å²) >= 11 is 3.44. The van der Waals surface area contributed by atoms with Crippen LogP contribution in [0.15, 0.2) is 46.9 Å². The number of benzene rings is 2. The van der Waals surface area contributed by atoms with Crippen LogP contribution < -0.4 is 5.73 Å². The van der Waals surface area contributed by atoms with Gasteiger partial charge in [0.1, 0.15) is 0 Å². The number of nitrogens with two attached hydrogens (primary N) is 1. The lowest BCUT2D eigenvalue weighted by Gasteiger charge is -2.19. The molecule has 0 aliphatic heterocycles. The van der Waals surface area contributed by atoms with Gasteiger partial charge in [-0.05, 0) is 48.4 Å². The van der Waals surface area contributed by atoms with E-state index in [4.69, 9.17) is 5.73 Å². The van der Waals surface area contributed by atoms with E-state index in [9.17, 15) is 4.79 Å².